The smallest absolute Gasteiger partial charge is 0.250 e. The summed E-state index contributed by atoms with van der Waals surface area (Å²) in [6.45, 7) is 8.98. The fourth-order valence-electron chi connectivity index (χ4n) is 9.82. The Morgan fingerprint density at radius 3 is 1.93 bits per heavy atom. The number of nitrogens with zero attached hydrogens (tertiary/aromatic N) is 4. The van der Waals surface area contributed by atoms with Crippen LogP contribution in [0.15, 0.2) is 188 Å². The Hall–Kier alpha value is -7.04. The van der Waals surface area contributed by atoms with Gasteiger partial charge < -0.3 is 0 Å². The summed E-state index contributed by atoms with van der Waals surface area (Å²) in [4.78, 5) is 5.06. The monoisotopic (exact) mass is 747 g/mol. The molecular weight excluding hydrogens is 705 g/mol. The minimum Gasteiger partial charge on any atom is -0.294 e. The number of hydrogen-bond acceptors (Lipinski definition) is 1. The molecule has 278 valence electrons. The molecule has 1 aliphatic rings. The van der Waals surface area contributed by atoms with E-state index in [1.807, 2.05) is 6.20 Å². The van der Waals surface area contributed by atoms with E-state index in [9.17, 15) is 0 Å². The summed E-state index contributed by atoms with van der Waals surface area (Å²) < 4.78 is 7.11. The van der Waals surface area contributed by atoms with Crippen LogP contribution in [0.25, 0.3) is 66.6 Å². The lowest BCUT2D eigenvalue weighted by Crippen LogP contribution is -2.49. The van der Waals surface area contributed by atoms with E-state index in [0.717, 1.165) is 28.1 Å². The molecule has 0 saturated carbocycles. The normalized spacial score (nSPS) is 13.3. The molecule has 3 aromatic heterocycles. The van der Waals surface area contributed by atoms with Crippen LogP contribution in [0.2, 0.25) is 0 Å². The highest BCUT2D eigenvalue weighted by Crippen LogP contribution is 2.56. The van der Waals surface area contributed by atoms with Crippen LogP contribution in [0, 0.1) is 6.92 Å². The first-order valence-electron chi connectivity index (χ1n) is 20.2. The van der Waals surface area contributed by atoms with Crippen molar-refractivity contribution >= 4 is 32.8 Å². The number of imidazole rings is 1. The molecule has 4 nitrogen and oxygen atoms in total. The van der Waals surface area contributed by atoms with Gasteiger partial charge in [-0.15, -0.1) is 0 Å². The average molecular weight is 748 g/mol. The molecular formula is C54H43N4+. The summed E-state index contributed by atoms with van der Waals surface area (Å²) in [5, 5.41) is 2.42. The molecule has 7 aromatic carbocycles. The zero-order valence-electron chi connectivity index (χ0n) is 33.2. The molecule has 0 radical (unpaired) electrons. The second-order valence-electron chi connectivity index (χ2n) is 16.7. The van der Waals surface area contributed by atoms with Crippen molar-refractivity contribution in [3.05, 3.63) is 216 Å². The van der Waals surface area contributed by atoms with E-state index in [2.05, 4.69) is 224 Å². The summed E-state index contributed by atoms with van der Waals surface area (Å²) >= 11 is 0. The Balaban J connectivity index is 1.20. The first-order valence-corrected chi connectivity index (χ1v) is 20.2. The lowest BCUT2D eigenvalue weighted by atomic mass is 9.67. The number of hydrogen-bond donors (Lipinski definition) is 0. The molecule has 0 saturated heterocycles. The average Bonchev–Trinajstić information content (AvgIpc) is 3.91. The zero-order chi connectivity index (χ0) is 39.2. The minimum absolute atomic E-state index is 0.0881. The van der Waals surface area contributed by atoms with Gasteiger partial charge in [-0.05, 0) is 126 Å². The molecule has 0 fully saturated rings. The number of pyridine rings is 1. The van der Waals surface area contributed by atoms with Crippen molar-refractivity contribution < 1.29 is 4.57 Å². The van der Waals surface area contributed by atoms with Crippen molar-refractivity contribution in [2.45, 2.75) is 38.6 Å². The van der Waals surface area contributed by atoms with Gasteiger partial charge in [0.05, 0.1) is 16.4 Å². The van der Waals surface area contributed by atoms with Crippen molar-refractivity contribution in [1.29, 1.82) is 0 Å². The maximum Gasteiger partial charge on any atom is 0.250 e. The number of para-hydroxylation sites is 3. The molecule has 58 heavy (non-hydrogen) atoms. The van der Waals surface area contributed by atoms with E-state index < -0.39 is 5.41 Å². The van der Waals surface area contributed by atoms with Crippen molar-refractivity contribution in [2.75, 3.05) is 0 Å². The molecule has 11 rings (SSSR count). The van der Waals surface area contributed by atoms with Crippen LogP contribution in [-0.2, 0) is 11.0 Å². The number of fused-ring (bicyclic) bond motifs is 7. The molecule has 4 heteroatoms. The third-order valence-corrected chi connectivity index (χ3v) is 12.4. The first-order chi connectivity index (χ1) is 28.3. The van der Waals surface area contributed by atoms with Gasteiger partial charge in [0.15, 0.2) is 11.0 Å². The third-order valence-electron chi connectivity index (χ3n) is 12.4. The van der Waals surface area contributed by atoms with Gasteiger partial charge >= 0.3 is 0 Å². The summed E-state index contributed by atoms with van der Waals surface area (Å²) in [6.07, 6.45) is 4.22. The molecule has 3 heterocycles. The maximum absolute atomic E-state index is 5.06. The lowest BCUT2D eigenvalue weighted by molar-refractivity contribution is -0.731. The molecule has 0 bridgehead atoms. The zero-order valence-corrected chi connectivity index (χ0v) is 33.2. The second kappa shape index (κ2) is 12.7. The number of rotatable bonds is 5. The van der Waals surface area contributed by atoms with Crippen LogP contribution in [-0.4, -0.2) is 14.1 Å². The van der Waals surface area contributed by atoms with E-state index in [0.29, 0.717) is 0 Å². The van der Waals surface area contributed by atoms with E-state index in [-0.39, 0.29) is 5.54 Å². The van der Waals surface area contributed by atoms with Gasteiger partial charge in [0, 0.05) is 17.0 Å². The van der Waals surface area contributed by atoms with Crippen molar-refractivity contribution in [2.24, 2.45) is 0 Å². The highest BCUT2D eigenvalue weighted by Gasteiger charge is 2.46. The Labute approximate surface area is 338 Å². The Bertz CT molecular complexity index is 3200. The van der Waals surface area contributed by atoms with Gasteiger partial charge in [-0.1, -0.05) is 127 Å². The highest BCUT2D eigenvalue weighted by molar-refractivity contribution is 6.09. The largest absolute Gasteiger partial charge is 0.294 e. The Morgan fingerprint density at radius 1 is 0.534 bits per heavy atom. The fraction of sp³-hybridized carbons (Fsp3) is 0.111. The van der Waals surface area contributed by atoms with Crippen LogP contribution in [0.5, 0.6) is 0 Å². The van der Waals surface area contributed by atoms with Crippen molar-refractivity contribution in [1.82, 2.24) is 14.1 Å². The highest BCUT2D eigenvalue weighted by atomic mass is 15.2. The van der Waals surface area contributed by atoms with E-state index in [4.69, 9.17) is 4.98 Å². The van der Waals surface area contributed by atoms with E-state index >= 15 is 0 Å². The summed E-state index contributed by atoms with van der Waals surface area (Å²) in [7, 11) is 0. The van der Waals surface area contributed by atoms with Gasteiger partial charge in [-0.3, -0.25) is 4.57 Å². The van der Waals surface area contributed by atoms with Crippen LogP contribution in [0.4, 0.5) is 0 Å². The maximum atomic E-state index is 5.06. The summed E-state index contributed by atoms with van der Waals surface area (Å²) in [5.41, 5.74) is 16.3. The van der Waals surface area contributed by atoms with Gasteiger partial charge in [0.1, 0.15) is 17.0 Å². The topological polar surface area (TPSA) is 26.6 Å². The summed E-state index contributed by atoms with van der Waals surface area (Å²) in [5.74, 6) is 0.902. The number of benzene rings is 7. The van der Waals surface area contributed by atoms with Crippen LogP contribution >= 0.6 is 0 Å². The van der Waals surface area contributed by atoms with Crippen LogP contribution in [0.1, 0.15) is 48.6 Å². The van der Waals surface area contributed by atoms with Gasteiger partial charge in [-0.25, -0.2) is 9.55 Å². The molecule has 0 atom stereocenters. The molecule has 1 aliphatic carbocycles. The van der Waals surface area contributed by atoms with Crippen molar-refractivity contribution in [3.8, 4) is 33.8 Å². The Morgan fingerprint density at radius 2 is 1.17 bits per heavy atom. The number of aryl methyl sites for hydroxylation is 1. The fourth-order valence-corrected chi connectivity index (χ4v) is 9.82. The third kappa shape index (κ3) is 4.94. The van der Waals surface area contributed by atoms with Gasteiger partial charge in [0.25, 0.3) is 0 Å². The van der Waals surface area contributed by atoms with E-state index in [1.165, 1.54) is 66.3 Å². The molecule has 0 N–H and O–H groups in total. The van der Waals surface area contributed by atoms with Gasteiger partial charge in [-0.2, -0.15) is 4.57 Å². The van der Waals surface area contributed by atoms with Crippen molar-refractivity contribution in [3.63, 3.8) is 0 Å². The molecule has 10 aromatic rings. The number of aromatic nitrogens is 4. The predicted octanol–water partition coefficient (Wildman–Crippen LogP) is 12.5. The lowest BCUT2D eigenvalue weighted by Gasteiger charge is -2.34. The minimum atomic E-state index is -0.599. The van der Waals surface area contributed by atoms with Gasteiger partial charge in [0.2, 0.25) is 6.33 Å². The van der Waals surface area contributed by atoms with Crippen LogP contribution < -0.4 is 4.57 Å². The molecule has 0 unspecified atom stereocenters. The standard InChI is InChI=1S/C54H43N4/c1-36-16-5-6-19-41(36)37-30-31-55-52(32-37)58-48-25-12-9-22-44(48)45-29-28-39(34-51(45)58)54(46-23-10-7-20-42(46)43-21-8-11-24-47(43)54)38-17-15-18-40(33-38)56-35-57(53(2,3)4)50-27-14-13-26-49(50)56/h5-35H,1-4H3/q+1. The molecule has 0 amide bonds. The summed E-state index contributed by atoms with van der Waals surface area (Å²) in [6, 6.07) is 64.8. The second-order valence-corrected chi connectivity index (χ2v) is 16.7. The first kappa shape index (κ1) is 34.2. The van der Waals surface area contributed by atoms with Crippen LogP contribution in [0.3, 0.4) is 0 Å². The quantitative estimate of drug-likeness (QED) is 0.161. The SMILES string of the molecule is Cc1ccccc1-c1ccnc(-n2c3ccccc3c3ccc(C4(c5cccc(-n6c[n+](C(C)(C)C)c7ccccc76)c5)c5ccccc5-c5ccccc54)cc32)c1. The molecule has 0 spiro atoms. The Kier molecular flexibility index (Phi) is 7.52. The predicted molar refractivity (Wildman–Crippen MR) is 238 cm³/mol. The van der Waals surface area contributed by atoms with E-state index in [1.54, 1.807) is 0 Å². The molecule has 0 aliphatic heterocycles.